The SMILES string of the molecule is Cn1cnc(S(=O)(=O)N2C[C@@H](NCc3ccc(C(F)(F)F)cc3Cl)[C@H](c3ccccn3)C2)c1. The molecule has 0 amide bonds. The first-order valence-electron chi connectivity index (χ1n) is 10.0. The van der Waals surface area contributed by atoms with E-state index in [0.29, 0.717) is 11.3 Å². The van der Waals surface area contributed by atoms with Crippen LogP contribution in [0.2, 0.25) is 5.02 Å². The molecule has 1 aliphatic rings. The minimum absolute atomic E-state index is 0.0114. The van der Waals surface area contributed by atoms with Crippen molar-refractivity contribution in [2.24, 2.45) is 7.05 Å². The molecule has 3 heterocycles. The highest BCUT2D eigenvalue weighted by molar-refractivity contribution is 7.89. The Morgan fingerprint density at radius 2 is 1.97 bits per heavy atom. The molecule has 0 aliphatic carbocycles. The van der Waals surface area contributed by atoms with E-state index < -0.39 is 21.8 Å². The number of aryl methyl sites for hydroxylation is 1. The fourth-order valence-corrected chi connectivity index (χ4v) is 5.53. The fourth-order valence-electron chi connectivity index (χ4n) is 3.83. The molecule has 1 saturated heterocycles. The van der Waals surface area contributed by atoms with E-state index in [4.69, 9.17) is 11.6 Å². The Bertz CT molecular complexity index is 1230. The van der Waals surface area contributed by atoms with Crippen molar-refractivity contribution in [1.82, 2.24) is 24.2 Å². The van der Waals surface area contributed by atoms with Gasteiger partial charge in [0.1, 0.15) is 0 Å². The highest BCUT2D eigenvalue weighted by atomic mass is 35.5. The molecule has 176 valence electrons. The Morgan fingerprint density at radius 3 is 2.58 bits per heavy atom. The zero-order valence-electron chi connectivity index (χ0n) is 17.5. The molecule has 1 aromatic carbocycles. The maximum atomic E-state index is 13.1. The van der Waals surface area contributed by atoms with Gasteiger partial charge >= 0.3 is 6.18 Å². The summed E-state index contributed by atoms with van der Waals surface area (Å²) in [7, 11) is -2.14. The number of aromatic nitrogens is 3. The molecule has 3 aromatic rings. The monoisotopic (exact) mass is 499 g/mol. The van der Waals surface area contributed by atoms with Gasteiger partial charge in [0.15, 0.2) is 5.03 Å². The standard InChI is InChI=1S/C21H21ClF3N5O2S/c1-29-12-20(28-13-29)33(31,32)30-10-16(18-4-2-3-7-26-18)19(11-30)27-9-14-5-6-15(8-17(14)22)21(23,24)25/h2-8,12-13,16,19,27H,9-11H2,1H3/t16-,19+/m0/s1. The zero-order valence-corrected chi connectivity index (χ0v) is 19.1. The third-order valence-electron chi connectivity index (χ3n) is 5.57. The summed E-state index contributed by atoms with van der Waals surface area (Å²) in [6, 6.07) is 8.27. The molecule has 0 radical (unpaired) electrons. The first-order chi connectivity index (χ1) is 15.6. The molecule has 2 atom stereocenters. The number of nitrogens with zero attached hydrogens (tertiary/aromatic N) is 4. The number of alkyl halides is 3. The van der Waals surface area contributed by atoms with Crippen LogP contribution in [0.3, 0.4) is 0 Å². The Labute approximate surface area is 194 Å². The molecule has 12 heteroatoms. The van der Waals surface area contributed by atoms with Gasteiger partial charge in [-0.1, -0.05) is 23.7 Å². The lowest BCUT2D eigenvalue weighted by atomic mass is 9.98. The minimum Gasteiger partial charge on any atom is -0.339 e. The number of nitrogens with one attached hydrogen (secondary N) is 1. The van der Waals surface area contributed by atoms with Crippen LogP contribution in [-0.2, 0) is 29.8 Å². The van der Waals surface area contributed by atoms with Crippen LogP contribution in [-0.4, -0.2) is 46.4 Å². The Balaban J connectivity index is 1.56. The normalized spacial score (nSPS) is 19.8. The van der Waals surface area contributed by atoms with Crippen LogP contribution in [0.15, 0.2) is 60.1 Å². The van der Waals surface area contributed by atoms with E-state index in [1.807, 2.05) is 12.1 Å². The summed E-state index contributed by atoms with van der Waals surface area (Å²) in [6.45, 7) is 0.509. The van der Waals surface area contributed by atoms with Crippen molar-refractivity contribution in [1.29, 1.82) is 0 Å². The second-order valence-corrected chi connectivity index (χ2v) is 10.1. The number of rotatable bonds is 6. The topological polar surface area (TPSA) is 80.1 Å². The first-order valence-corrected chi connectivity index (χ1v) is 11.9. The second kappa shape index (κ2) is 9.05. The Morgan fingerprint density at radius 1 is 1.18 bits per heavy atom. The zero-order chi connectivity index (χ0) is 23.8. The van der Waals surface area contributed by atoms with Crippen LogP contribution in [0.4, 0.5) is 13.2 Å². The van der Waals surface area contributed by atoms with E-state index >= 15 is 0 Å². The van der Waals surface area contributed by atoms with Crippen molar-refractivity contribution in [2.45, 2.75) is 29.7 Å². The second-order valence-electron chi connectivity index (χ2n) is 7.85. The molecule has 33 heavy (non-hydrogen) atoms. The Kier molecular flexibility index (Phi) is 6.50. The van der Waals surface area contributed by atoms with Crippen molar-refractivity contribution >= 4 is 21.6 Å². The molecule has 2 aromatic heterocycles. The van der Waals surface area contributed by atoms with Gasteiger partial charge in [0.05, 0.1) is 11.9 Å². The van der Waals surface area contributed by atoms with Crippen LogP contribution in [0.1, 0.15) is 22.7 Å². The predicted octanol–water partition coefficient (Wildman–Crippen LogP) is 3.43. The number of halogens is 4. The number of benzene rings is 1. The summed E-state index contributed by atoms with van der Waals surface area (Å²) in [5.74, 6) is -0.266. The lowest BCUT2D eigenvalue weighted by Gasteiger charge is -2.20. The van der Waals surface area contributed by atoms with Crippen LogP contribution < -0.4 is 5.32 Å². The van der Waals surface area contributed by atoms with Gasteiger partial charge in [-0.05, 0) is 29.8 Å². The summed E-state index contributed by atoms with van der Waals surface area (Å²) in [5, 5.41) is 3.21. The summed E-state index contributed by atoms with van der Waals surface area (Å²) in [4.78, 5) is 8.36. The predicted molar refractivity (Wildman–Crippen MR) is 116 cm³/mol. The number of sulfonamides is 1. The fraction of sp³-hybridized carbons (Fsp3) is 0.333. The van der Waals surface area contributed by atoms with Gasteiger partial charge in [0.2, 0.25) is 0 Å². The van der Waals surface area contributed by atoms with Crippen LogP contribution in [0, 0.1) is 0 Å². The van der Waals surface area contributed by atoms with Gasteiger partial charge in [-0.25, -0.2) is 13.4 Å². The molecule has 0 unspecified atom stereocenters. The summed E-state index contributed by atoms with van der Waals surface area (Å²) < 4.78 is 67.9. The van der Waals surface area contributed by atoms with Gasteiger partial charge in [0, 0.05) is 61.8 Å². The van der Waals surface area contributed by atoms with E-state index in [1.165, 1.54) is 22.9 Å². The van der Waals surface area contributed by atoms with Gasteiger partial charge in [-0.3, -0.25) is 4.98 Å². The van der Waals surface area contributed by atoms with E-state index in [2.05, 4.69) is 15.3 Å². The number of pyridine rings is 1. The highest BCUT2D eigenvalue weighted by Crippen LogP contribution is 2.33. The number of hydrogen-bond donors (Lipinski definition) is 1. The molecule has 1 N–H and O–H groups in total. The van der Waals surface area contributed by atoms with Gasteiger partial charge < -0.3 is 9.88 Å². The van der Waals surface area contributed by atoms with Gasteiger partial charge in [0.25, 0.3) is 10.0 Å². The maximum Gasteiger partial charge on any atom is 0.416 e. The maximum absolute atomic E-state index is 13.1. The van der Waals surface area contributed by atoms with E-state index in [-0.39, 0.29) is 41.6 Å². The van der Waals surface area contributed by atoms with Crippen molar-refractivity contribution < 1.29 is 21.6 Å². The largest absolute Gasteiger partial charge is 0.416 e. The average Bonchev–Trinajstić information content (AvgIpc) is 3.40. The highest BCUT2D eigenvalue weighted by Gasteiger charge is 2.41. The molecule has 0 bridgehead atoms. The van der Waals surface area contributed by atoms with Crippen molar-refractivity contribution in [3.8, 4) is 0 Å². The van der Waals surface area contributed by atoms with Crippen molar-refractivity contribution in [3.63, 3.8) is 0 Å². The lowest BCUT2D eigenvalue weighted by Crippen LogP contribution is -2.36. The molecule has 7 nitrogen and oxygen atoms in total. The van der Waals surface area contributed by atoms with E-state index in [0.717, 1.165) is 12.1 Å². The molecular formula is C21H21ClF3N5O2S. The Hall–Kier alpha value is -2.47. The average molecular weight is 500 g/mol. The smallest absolute Gasteiger partial charge is 0.339 e. The van der Waals surface area contributed by atoms with Crippen LogP contribution in [0.25, 0.3) is 0 Å². The summed E-state index contributed by atoms with van der Waals surface area (Å²) >= 11 is 6.09. The molecule has 4 rings (SSSR count). The van der Waals surface area contributed by atoms with Gasteiger partial charge in [-0.2, -0.15) is 17.5 Å². The van der Waals surface area contributed by atoms with Crippen molar-refractivity contribution in [3.05, 3.63) is 77.0 Å². The number of imidazole rings is 1. The number of hydrogen-bond acceptors (Lipinski definition) is 5. The summed E-state index contributed by atoms with van der Waals surface area (Å²) in [5.41, 5.74) is 0.374. The van der Waals surface area contributed by atoms with Gasteiger partial charge in [-0.15, -0.1) is 0 Å². The molecule has 0 spiro atoms. The minimum atomic E-state index is -4.48. The third kappa shape index (κ3) is 5.06. The van der Waals surface area contributed by atoms with Crippen molar-refractivity contribution in [2.75, 3.05) is 13.1 Å². The van der Waals surface area contributed by atoms with E-state index in [9.17, 15) is 21.6 Å². The molecule has 1 fully saturated rings. The van der Waals surface area contributed by atoms with E-state index in [1.54, 1.807) is 23.9 Å². The summed E-state index contributed by atoms with van der Waals surface area (Å²) in [6.07, 6.45) is 0.00978. The quantitative estimate of drug-likeness (QED) is 0.562. The lowest BCUT2D eigenvalue weighted by molar-refractivity contribution is -0.137. The van der Waals surface area contributed by atoms with Crippen LogP contribution in [0.5, 0.6) is 0 Å². The van der Waals surface area contributed by atoms with Crippen LogP contribution >= 0.6 is 11.6 Å². The molecule has 1 aliphatic heterocycles. The third-order valence-corrected chi connectivity index (χ3v) is 7.64. The first kappa shape index (κ1) is 23.7. The molecule has 0 saturated carbocycles. The molecular weight excluding hydrogens is 479 g/mol.